The summed E-state index contributed by atoms with van der Waals surface area (Å²) in [5.41, 5.74) is 3.92. The Kier molecular flexibility index (Phi) is 6.11. The molecule has 1 N–H and O–H groups in total. The lowest BCUT2D eigenvalue weighted by Crippen LogP contribution is -2.35. The molecule has 0 saturated heterocycles. The number of hydrogen-bond acceptors (Lipinski definition) is 6. The van der Waals surface area contributed by atoms with Gasteiger partial charge in [-0.15, -0.1) is 0 Å². The van der Waals surface area contributed by atoms with Crippen molar-refractivity contribution in [1.82, 2.24) is 15.0 Å². The molecule has 2 heterocycles. The zero-order chi connectivity index (χ0) is 21.0. The molecule has 152 valence electrons. The molecule has 3 aromatic rings. The fourth-order valence-electron chi connectivity index (χ4n) is 3.13. The van der Waals surface area contributed by atoms with Gasteiger partial charge < -0.3 is 19.2 Å². The molecule has 0 unspecified atom stereocenters. The normalized spacial score (nSPS) is 10.8. The number of carbonyl (C=O) groups is 2. The number of anilines is 1. The van der Waals surface area contributed by atoms with Crippen LogP contribution >= 0.6 is 0 Å². The number of aromatic nitrogens is 2. The molecule has 2 aromatic heterocycles. The molecule has 0 bridgehead atoms. The molecule has 3 rings (SSSR count). The third kappa shape index (κ3) is 5.10. The smallest absolute Gasteiger partial charge is 0.243 e. The average Bonchev–Trinajstić information content (AvgIpc) is 3.33. The fourth-order valence-corrected chi connectivity index (χ4v) is 3.13. The number of likely N-dealkylation sites (N-methyl/N-ethyl adjacent to an activating group) is 1. The number of nitrogens with zero attached hydrogens (tertiary/aromatic N) is 3. The molecular formula is C21H24N4O4. The summed E-state index contributed by atoms with van der Waals surface area (Å²) >= 11 is 0. The first-order chi connectivity index (χ1) is 13.8. The minimum absolute atomic E-state index is 0.0347. The molecule has 1 aromatic carbocycles. The molecular weight excluding hydrogens is 372 g/mol. The minimum atomic E-state index is -0.242. The van der Waals surface area contributed by atoms with Crippen molar-refractivity contribution in [3.05, 3.63) is 53.1 Å². The molecule has 2 amide bonds. The largest absolute Gasteiger partial charge is 0.461 e. The van der Waals surface area contributed by atoms with E-state index in [1.165, 1.54) is 11.2 Å². The van der Waals surface area contributed by atoms with Gasteiger partial charge in [0.2, 0.25) is 23.5 Å². The Balaban J connectivity index is 1.51. The van der Waals surface area contributed by atoms with Crippen LogP contribution in [-0.2, 0) is 16.0 Å². The summed E-state index contributed by atoms with van der Waals surface area (Å²) in [5.74, 6) is 0.758. The molecule has 29 heavy (non-hydrogen) atoms. The first-order valence-electron chi connectivity index (χ1n) is 9.31. The van der Waals surface area contributed by atoms with E-state index >= 15 is 0 Å². The number of rotatable bonds is 7. The monoisotopic (exact) mass is 396 g/mol. The lowest BCUT2D eigenvalue weighted by molar-refractivity contribution is -0.133. The standard InChI is InChI=1S/C21H24N4O4/c1-13-10-14(2)20(15(3)11-13)22-17(26)12-25(4)19(27)8-7-18-23-21(24-29-18)16-6-5-9-28-16/h5-6,9-11H,7-8,12H2,1-4H3,(H,22,26). The number of aryl methyl sites for hydroxylation is 4. The lowest BCUT2D eigenvalue weighted by Gasteiger charge is -2.18. The summed E-state index contributed by atoms with van der Waals surface area (Å²) in [6.45, 7) is 5.88. The Bertz CT molecular complexity index is 985. The van der Waals surface area contributed by atoms with E-state index in [9.17, 15) is 9.59 Å². The van der Waals surface area contributed by atoms with Crippen molar-refractivity contribution >= 4 is 17.5 Å². The quantitative estimate of drug-likeness (QED) is 0.658. The van der Waals surface area contributed by atoms with Gasteiger partial charge in [0.15, 0.2) is 5.76 Å². The van der Waals surface area contributed by atoms with Crippen LogP contribution in [0, 0.1) is 20.8 Å². The van der Waals surface area contributed by atoms with Crippen LogP contribution in [0.15, 0.2) is 39.5 Å². The number of furan rings is 1. The number of carbonyl (C=O) groups excluding carboxylic acids is 2. The van der Waals surface area contributed by atoms with Crippen LogP contribution in [-0.4, -0.2) is 40.4 Å². The van der Waals surface area contributed by atoms with E-state index in [1.54, 1.807) is 19.2 Å². The Morgan fingerprint density at radius 3 is 2.55 bits per heavy atom. The second kappa shape index (κ2) is 8.72. The van der Waals surface area contributed by atoms with Gasteiger partial charge in [-0.25, -0.2) is 0 Å². The second-order valence-electron chi connectivity index (χ2n) is 7.06. The molecule has 0 aliphatic heterocycles. The van der Waals surface area contributed by atoms with Gasteiger partial charge in [-0.3, -0.25) is 9.59 Å². The van der Waals surface area contributed by atoms with Crippen LogP contribution in [0.5, 0.6) is 0 Å². The van der Waals surface area contributed by atoms with E-state index in [0.717, 1.165) is 22.4 Å². The molecule has 0 radical (unpaired) electrons. The highest BCUT2D eigenvalue weighted by atomic mass is 16.5. The van der Waals surface area contributed by atoms with Crippen LogP contribution in [0.2, 0.25) is 0 Å². The van der Waals surface area contributed by atoms with E-state index in [-0.39, 0.29) is 31.2 Å². The van der Waals surface area contributed by atoms with E-state index in [0.29, 0.717) is 17.5 Å². The minimum Gasteiger partial charge on any atom is -0.461 e. The second-order valence-corrected chi connectivity index (χ2v) is 7.06. The summed E-state index contributed by atoms with van der Waals surface area (Å²) in [7, 11) is 1.60. The van der Waals surface area contributed by atoms with Crippen molar-refractivity contribution < 1.29 is 18.5 Å². The molecule has 0 spiro atoms. The third-order valence-corrected chi connectivity index (χ3v) is 4.51. The van der Waals surface area contributed by atoms with Crippen LogP contribution < -0.4 is 5.32 Å². The highest BCUT2D eigenvalue weighted by Gasteiger charge is 2.17. The highest BCUT2D eigenvalue weighted by Crippen LogP contribution is 2.22. The summed E-state index contributed by atoms with van der Waals surface area (Å²) in [5, 5.41) is 6.73. The van der Waals surface area contributed by atoms with Crippen molar-refractivity contribution in [2.45, 2.75) is 33.6 Å². The van der Waals surface area contributed by atoms with Crippen molar-refractivity contribution in [1.29, 1.82) is 0 Å². The van der Waals surface area contributed by atoms with Crippen molar-refractivity contribution in [2.24, 2.45) is 0 Å². The maximum Gasteiger partial charge on any atom is 0.243 e. The molecule has 0 atom stereocenters. The predicted octanol–water partition coefficient (Wildman–Crippen LogP) is 3.28. The first-order valence-corrected chi connectivity index (χ1v) is 9.31. The van der Waals surface area contributed by atoms with Crippen LogP contribution in [0.3, 0.4) is 0 Å². The van der Waals surface area contributed by atoms with E-state index in [2.05, 4.69) is 15.5 Å². The van der Waals surface area contributed by atoms with Crippen molar-refractivity contribution in [3.8, 4) is 11.6 Å². The van der Waals surface area contributed by atoms with Crippen molar-refractivity contribution in [3.63, 3.8) is 0 Å². The Hall–Kier alpha value is -3.42. The number of amides is 2. The van der Waals surface area contributed by atoms with E-state index in [4.69, 9.17) is 8.94 Å². The van der Waals surface area contributed by atoms with Crippen LogP contribution in [0.1, 0.15) is 29.0 Å². The van der Waals surface area contributed by atoms with Crippen LogP contribution in [0.4, 0.5) is 5.69 Å². The summed E-state index contributed by atoms with van der Waals surface area (Å²) in [4.78, 5) is 30.3. The Morgan fingerprint density at radius 2 is 1.90 bits per heavy atom. The van der Waals surface area contributed by atoms with Gasteiger partial charge in [0.05, 0.1) is 12.8 Å². The number of benzene rings is 1. The molecule has 0 aliphatic rings. The summed E-state index contributed by atoms with van der Waals surface area (Å²) in [6, 6.07) is 7.48. The van der Waals surface area contributed by atoms with Gasteiger partial charge in [0.1, 0.15) is 0 Å². The highest BCUT2D eigenvalue weighted by molar-refractivity contribution is 5.95. The lowest BCUT2D eigenvalue weighted by atomic mass is 10.1. The number of hydrogen-bond donors (Lipinski definition) is 1. The maximum atomic E-state index is 12.4. The Labute approximate surface area is 168 Å². The van der Waals surface area contributed by atoms with Gasteiger partial charge in [0.25, 0.3) is 0 Å². The molecule has 0 aliphatic carbocycles. The SMILES string of the molecule is Cc1cc(C)c(NC(=O)CN(C)C(=O)CCc2nc(-c3ccco3)no2)c(C)c1. The first kappa shape index (κ1) is 20.3. The fraction of sp³-hybridized carbons (Fsp3) is 0.333. The maximum absolute atomic E-state index is 12.4. The van der Waals surface area contributed by atoms with Gasteiger partial charge >= 0.3 is 0 Å². The van der Waals surface area contributed by atoms with Crippen molar-refractivity contribution in [2.75, 3.05) is 18.9 Å². The van der Waals surface area contributed by atoms with Gasteiger partial charge in [-0.2, -0.15) is 4.98 Å². The zero-order valence-electron chi connectivity index (χ0n) is 17.0. The number of nitrogens with one attached hydrogen (secondary N) is 1. The van der Waals surface area contributed by atoms with E-state index < -0.39 is 0 Å². The average molecular weight is 396 g/mol. The predicted molar refractivity (Wildman–Crippen MR) is 107 cm³/mol. The van der Waals surface area contributed by atoms with Gasteiger partial charge in [-0.05, 0) is 44.0 Å². The molecule has 0 saturated carbocycles. The molecule has 8 nitrogen and oxygen atoms in total. The van der Waals surface area contributed by atoms with Gasteiger partial charge in [-0.1, -0.05) is 22.9 Å². The third-order valence-electron chi connectivity index (χ3n) is 4.51. The van der Waals surface area contributed by atoms with Crippen LogP contribution in [0.25, 0.3) is 11.6 Å². The summed E-state index contributed by atoms with van der Waals surface area (Å²) in [6.07, 6.45) is 1.97. The molecule has 8 heteroatoms. The molecule has 0 fully saturated rings. The Morgan fingerprint density at radius 1 is 1.17 bits per heavy atom. The zero-order valence-corrected chi connectivity index (χ0v) is 17.0. The summed E-state index contributed by atoms with van der Waals surface area (Å²) < 4.78 is 10.4. The topological polar surface area (TPSA) is 101 Å². The van der Waals surface area contributed by atoms with E-state index in [1.807, 2.05) is 32.9 Å². The van der Waals surface area contributed by atoms with Gasteiger partial charge in [0, 0.05) is 25.6 Å².